The van der Waals surface area contributed by atoms with Gasteiger partial charge in [0.1, 0.15) is 5.75 Å². The number of hydrogen-bond acceptors (Lipinski definition) is 5. The summed E-state index contributed by atoms with van der Waals surface area (Å²) in [6.07, 6.45) is 0. The lowest BCUT2D eigenvalue weighted by molar-refractivity contribution is -0.123. The van der Waals surface area contributed by atoms with Crippen molar-refractivity contribution >= 4 is 39.7 Å². The van der Waals surface area contributed by atoms with Gasteiger partial charge in [-0.05, 0) is 42.8 Å². The fourth-order valence-electron chi connectivity index (χ4n) is 2.39. The molecule has 0 atom stereocenters. The average molecular weight is 418 g/mol. The molecule has 156 valence electrons. The van der Waals surface area contributed by atoms with Crippen molar-refractivity contribution < 1.29 is 19.1 Å². The number of anilines is 2. The van der Waals surface area contributed by atoms with Gasteiger partial charge in [-0.25, -0.2) is 0 Å². The van der Waals surface area contributed by atoms with Crippen LogP contribution in [0.4, 0.5) is 10.7 Å². The Morgan fingerprint density at radius 1 is 1.10 bits per heavy atom. The van der Waals surface area contributed by atoms with Crippen LogP contribution in [0.2, 0.25) is 0 Å². The molecule has 0 saturated carbocycles. The Kier molecular flexibility index (Phi) is 7.02. The van der Waals surface area contributed by atoms with Gasteiger partial charge in [0.25, 0.3) is 5.91 Å². The Morgan fingerprint density at radius 3 is 2.28 bits per heavy atom. The van der Waals surface area contributed by atoms with Crippen LogP contribution in [0.15, 0.2) is 30.3 Å². The van der Waals surface area contributed by atoms with Crippen LogP contribution in [0.3, 0.4) is 0 Å². The van der Waals surface area contributed by atoms with Gasteiger partial charge in [-0.1, -0.05) is 20.8 Å². The van der Waals surface area contributed by atoms with Crippen molar-refractivity contribution in [1.82, 2.24) is 4.90 Å². The summed E-state index contributed by atoms with van der Waals surface area (Å²) in [6, 6.07) is 8.71. The average Bonchev–Trinajstić information content (AvgIpc) is 3.00. The number of nitrogens with one attached hydrogen (secondary N) is 2. The van der Waals surface area contributed by atoms with Crippen molar-refractivity contribution in [2.75, 3.05) is 31.3 Å². The fourth-order valence-corrected chi connectivity index (χ4v) is 3.45. The van der Waals surface area contributed by atoms with Crippen LogP contribution < -0.4 is 15.4 Å². The van der Waals surface area contributed by atoms with E-state index in [0.717, 1.165) is 5.56 Å². The maximum absolute atomic E-state index is 12.8. The van der Waals surface area contributed by atoms with E-state index in [1.807, 2.05) is 27.7 Å². The van der Waals surface area contributed by atoms with Gasteiger partial charge in [0, 0.05) is 18.2 Å². The van der Waals surface area contributed by atoms with Crippen molar-refractivity contribution in [3.05, 3.63) is 40.8 Å². The molecule has 1 heterocycles. The molecule has 2 rings (SSSR count). The molecule has 0 fully saturated rings. The van der Waals surface area contributed by atoms with Gasteiger partial charge in [0.05, 0.1) is 23.5 Å². The molecule has 0 unspecified atom stereocenters. The highest BCUT2D eigenvalue weighted by atomic mass is 32.1. The first kappa shape index (κ1) is 22.4. The third kappa shape index (κ3) is 6.05. The number of aryl methyl sites for hydroxylation is 1. The normalized spacial score (nSPS) is 11.0. The standard InChI is InChI=1S/C21H27N3O4S/c1-13-11-17(23-20(27)21(2,3)4)29-18(13)19(26)24(5)12-16(25)22-14-7-9-15(28-6)10-8-14/h7-11H,12H2,1-6H3,(H,22,25)(H,23,27). The molecule has 3 amide bonds. The smallest absolute Gasteiger partial charge is 0.264 e. The first-order valence-electron chi connectivity index (χ1n) is 9.12. The Bertz CT molecular complexity index is 898. The summed E-state index contributed by atoms with van der Waals surface area (Å²) in [5.74, 6) is -0.00193. The molecule has 1 aromatic carbocycles. The molecule has 2 N–H and O–H groups in total. The number of methoxy groups -OCH3 is 1. The summed E-state index contributed by atoms with van der Waals surface area (Å²) in [7, 11) is 3.14. The van der Waals surface area contributed by atoms with Crippen molar-refractivity contribution in [2.45, 2.75) is 27.7 Å². The summed E-state index contributed by atoms with van der Waals surface area (Å²) in [6.45, 7) is 7.19. The molecule has 2 aromatic rings. The zero-order valence-corrected chi connectivity index (χ0v) is 18.4. The molecule has 8 heteroatoms. The highest BCUT2D eigenvalue weighted by Gasteiger charge is 2.24. The van der Waals surface area contributed by atoms with E-state index in [0.29, 0.717) is 21.3 Å². The summed E-state index contributed by atoms with van der Waals surface area (Å²) in [4.78, 5) is 39.0. The molecular weight excluding hydrogens is 390 g/mol. The number of ether oxygens (including phenoxy) is 1. The SMILES string of the molecule is COc1ccc(NC(=O)CN(C)C(=O)c2sc(NC(=O)C(C)(C)C)cc2C)cc1. The maximum atomic E-state index is 12.8. The molecule has 7 nitrogen and oxygen atoms in total. The minimum Gasteiger partial charge on any atom is -0.497 e. The van der Waals surface area contributed by atoms with Crippen molar-refractivity contribution in [2.24, 2.45) is 5.41 Å². The van der Waals surface area contributed by atoms with Gasteiger partial charge in [-0.2, -0.15) is 0 Å². The topological polar surface area (TPSA) is 87.7 Å². The second kappa shape index (κ2) is 9.09. The minimum absolute atomic E-state index is 0.0914. The van der Waals surface area contributed by atoms with Crippen LogP contribution >= 0.6 is 11.3 Å². The monoisotopic (exact) mass is 417 g/mol. The first-order chi connectivity index (χ1) is 13.5. The molecule has 0 saturated heterocycles. The number of thiophene rings is 1. The molecule has 1 aromatic heterocycles. The van der Waals surface area contributed by atoms with E-state index in [9.17, 15) is 14.4 Å². The molecular formula is C21H27N3O4S. The van der Waals surface area contributed by atoms with Gasteiger partial charge in [0.15, 0.2) is 0 Å². The second-order valence-electron chi connectivity index (χ2n) is 7.76. The van der Waals surface area contributed by atoms with Crippen molar-refractivity contribution in [3.8, 4) is 5.75 Å². The lowest BCUT2D eigenvalue weighted by Gasteiger charge is -2.17. The Balaban J connectivity index is 2.00. The third-order valence-corrected chi connectivity index (χ3v) is 5.27. The number of carbonyl (C=O) groups excluding carboxylic acids is 3. The Morgan fingerprint density at radius 2 is 1.72 bits per heavy atom. The zero-order chi connectivity index (χ0) is 21.8. The van der Waals surface area contributed by atoms with E-state index >= 15 is 0 Å². The zero-order valence-electron chi connectivity index (χ0n) is 17.6. The Hall–Kier alpha value is -2.87. The number of hydrogen-bond donors (Lipinski definition) is 2. The number of amides is 3. The van der Waals surface area contributed by atoms with Gasteiger partial charge < -0.3 is 20.3 Å². The molecule has 0 bridgehead atoms. The molecule has 0 spiro atoms. The van der Waals surface area contributed by atoms with Gasteiger partial charge >= 0.3 is 0 Å². The first-order valence-corrected chi connectivity index (χ1v) is 9.94. The minimum atomic E-state index is -0.529. The number of carbonyl (C=O) groups is 3. The van der Waals surface area contributed by atoms with E-state index < -0.39 is 5.41 Å². The fraction of sp³-hybridized carbons (Fsp3) is 0.381. The highest BCUT2D eigenvalue weighted by Crippen LogP contribution is 2.29. The second-order valence-corrected chi connectivity index (χ2v) is 8.82. The Labute approximate surface area is 175 Å². The van der Waals surface area contributed by atoms with Crippen molar-refractivity contribution in [1.29, 1.82) is 0 Å². The summed E-state index contributed by atoms with van der Waals surface area (Å²) < 4.78 is 5.08. The van der Waals surface area contributed by atoms with Crippen LogP contribution in [-0.4, -0.2) is 43.3 Å². The molecule has 0 radical (unpaired) electrons. The third-order valence-electron chi connectivity index (χ3n) is 4.13. The number of benzene rings is 1. The predicted octanol–water partition coefficient (Wildman–Crippen LogP) is 3.76. The lowest BCUT2D eigenvalue weighted by atomic mass is 9.96. The summed E-state index contributed by atoms with van der Waals surface area (Å²) in [5, 5.41) is 6.20. The van der Waals surface area contributed by atoms with Crippen molar-refractivity contribution in [3.63, 3.8) is 0 Å². The molecule has 29 heavy (non-hydrogen) atoms. The van der Waals surface area contributed by atoms with Gasteiger partial charge in [-0.3, -0.25) is 14.4 Å². The number of nitrogens with zero attached hydrogens (tertiary/aromatic N) is 1. The molecule has 0 aliphatic carbocycles. The predicted molar refractivity (Wildman–Crippen MR) is 116 cm³/mol. The largest absolute Gasteiger partial charge is 0.497 e. The van der Waals surface area contributed by atoms with E-state index in [2.05, 4.69) is 10.6 Å². The van der Waals surface area contributed by atoms with Crippen LogP contribution in [0.25, 0.3) is 0 Å². The van der Waals surface area contributed by atoms with E-state index in [1.54, 1.807) is 44.5 Å². The quantitative estimate of drug-likeness (QED) is 0.749. The van der Waals surface area contributed by atoms with Crippen LogP contribution in [-0.2, 0) is 9.59 Å². The van der Waals surface area contributed by atoms with Gasteiger partial charge in [0.2, 0.25) is 11.8 Å². The van der Waals surface area contributed by atoms with Crippen LogP contribution in [0, 0.1) is 12.3 Å². The van der Waals surface area contributed by atoms with Gasteiger partial charge in [-0.15, -0.1) is 11.3 Å². The van der Waals surface area contributed by atoms with Crippen LogP contribution in [0.1, 0.15) is 36.0 Å². The number of likely N-dealkylation sites (N-methyl/N-ethyl adjacent to an activating group) is 1. The molecule has 0 aliphatic rings. The lowest BCUT2D eigenvalue weighted by Crippen LogP contribution is -2.34. The summed E-state index contributed by atoms with van der Waals surface area (Å²) in [5.41, 5.74) is 0.848. The van der Waals surface area contributed by atoms with Crippen LogP contribution in [0.5, 0.6) is 5.75 Å². The van der Waals surface area contributed by atoms with E-state index in [-0.39, 0.29) is 24.3 Å². The van der Waals surface area contributed by atoms with E-state index in [1.165, 1.54) is 16.2 Å². The highest BCUT2D eigenvalue weighted by molar-refractivity contribution is 7.18. The van der Waals surface area contributed by atoms with E-state index in [4.69, 9.17) is 4.74 Å². The number of rotatable bonds is 6. The summed E-state index contributed by atoms with van der Waals surface area (Å²) >= 11 is 1.21. The molecule has 0 aliphatic heterocycles. The maximum Gasteiger partial charge on any atom is 0.264 e.